The monoisotopic (exact) mass is 621 g/mol. The zero-order chi connectivity index (χ0) is 27.2. The summed E-state index contributed by atoms with van der Waals surface area (Å²) in [6.07, 6.45) is 11.3. The van der Waals surface area contributed by atoms with Gasteiger partial charge in [-0.25, -0.2) is 0 Å². The Bertz CT molecular complexity index is 1640. The molecule has 1 atom stereocenters. The molecule has 0 N–H and O–H groups in total. The van der Waals surface area contributed by atoms with Crippen LogP contribution in [-0.4, -0.2) is 10.7 Å². The Morgan fingerprint density at radius 1 is 0.571 bits per heavy atom. The SMILES string of the molecule is [Cu+].c1ccc2c(c1)CC[C@@H]2N(C1CCCCCCC1)[PH+]1Oc2ccc3ccccc3c2-c2c(ccc3ccccc23)O1. The van der Waals surface area contributed by atoms with Gasteiger partial charge in [0.15, 0.2) is 11.5 Å². The van der Waals surface area contributed by atoms with E-state index >= 15 is 0 Å². The van der Waals surface area contributed by atoms with Crippen molar-refractivity contribution in [2.45, 2.75) is 69.9 Å². The van der Waals surface area contributed by atoms with E-state index in [0.29, 0.717) is 12.1 Å². The fraction of sp³-hybridized carbons (Fsp3) is 0.297. The maximum absolute atomic E-state index is 7.22. The van der Waals surface area contributed by atoms with E-state index in [1.54, 1.807) is 0 Å². The van der Waals surface area contributed by atoms with Crippen molar-refractivity contribution in [3.05, 3.63) is 108 Å². The van der Waals surface area contributed by atoms with E-state index in [9.17, 15) is 0 Å². The van der Waals surface area contributed by atoms with Crippen molar-refractivity contribution in [3.8, 4) is 22.6 Å². The van der Waals surface area contributed by atoms with Crippen LogP contribution in [0.25, 0.3) is 32.7 Å². The molecule has 8 rings (SSSR count). The first-order valence-electron chi connectivity index (χ1n) is 15.5. The molecule has 0 radical (unpaired) electrons. The van der Waals surface area contributed by atoms with E-state index in [1.165, 1.54) is 88.7 Å². The summed E-state index contributed by atoms with van der Waals surface area (Å²) in [4.78, 5) is 0. The van der Waals surface area contributed by atoms with Gasteiger partial charge in [-0.1, -0.05) is 117 Å². The summed E-state index contributed by atoms with van der Waals surface area (Å²) in [6, 6.07) is 36.1. The van der Waals surface area contributed by atoms with Crippen LogP contribution in [0.2, 0.25) is 0 Å². The Kier molecular flexibility index (Phi) is 7.99. The average molecular weight is 622 g/mol. The van der Waals surface area contributed by atoms with Crippen LogP contribution in [-0.2, 0) is 23.5 Å². The summed E-state index contributed by atoms with van der Waals surface area (Å²) in [7, 11) is -1.90. The van der Waals surface area contributed by atoms with Crippen LogP contribution in [0.5, 0.6) is 11.5 Å². The van der Waals surface area contributed by atoms with Gasteiger partial charge in [-0.2, -0.15) is 0 Å². The fourth-order valence-corrected chi connectivity index (χ4v) is 9.62. The molecule has 3 nitrogen and oxygen atoms in total. The molecule has 0 spiro atoms. The Morgan fingerprint density at radius 2 is 1.12 bits per heavy atom. The third-order valence-corrected chi connectivity index (χ3v) is 11.4. The number of fused-ring (bicyclic) bond motifs is 8. The van der Waals surface area contributed by atoms with Gasteiger partial charge in [0.1, 0.15) is 0 Å². The van der Waals surface area contributed by atoms with Crippen molar-refractivity contribution >= 4 is 30.1 Å². The molecule has 0 aromatic heterocycles. The van der Waals surface area contributed by atoms with E-state index in [0.717, 1.165) is 24.3 Å². The Morgan fingerprint density at radius 3 is 1.76 bits per heavy atom. The summed E-state index contributed by atoms with van der Waals surface area (Å²) >= 11 is 0. The number of hydrogen-bond acceptors (Lipinski definition) is 3. The zero-order valence-corrected chi connectivity index (χ0v) is 25.8. The molecule has 1 aliphatic heterocycles. The second-order valence-electron chi connectivity index (χ2n) is 11.9. The predicted octanol–water partition coefficient (Wildman–Crippen LogP) is 10.5. The standard InChI is InChI=1S/C37H36NO2P.Cu/c1-2-4-15-29(16-5-3-1)38(33-23-20-26-12-6-9-17-30(26)33)41-39-34-24-21-27-13-7-10-18-31(27)36(34)37-32-19-11-8-14-28(32)22-25-35(37)40-41;/h6-14,17-19,21-22,24-25,29,33H,1-5,15-16,20,23H2;/q;+1/p+1/t33-;/m0./s1. The third kappa shape index (κ3) is 4.93. The molecule has 3 aliphatic rings. The summed E-state index contributed by atoms with van der Waals surface area (Å²) in [5.74, 6) is 1.91. The zero-order valence-electron chi connectivity index (χ0n) is 23.8. The van der Waals surface area contributed by atoms with Gasteiger partial charge in [0, 0.05) is 11.1 Å². The molecule has 2 aliphatic carbocycles. The molecule has 1 saturated carbocycles. The topological polar surface area (TPSA) is 21.7 Å². The van der Waals surface area contributed by atoms with Crippen molar-refractivity contribution in [2.75, 3.05) is 0 Å². The maximum atomic E-state index is 7.22. The first kappa shape index (κ1) is 27.9. The molecule has 216 valence electrons. The summed E-state index contributed by atoms with van der Waals surface area (Å²) in [5, 5.41) is 4.90. The van der Waals surface area contributed by atoms with E-state index in [1.807, 2.05) is 0 Å². The van der Waals surface area contributed by atoms with Crippen molar-refractivity contribution in [1.29, 1.82) is 0 Å². The van der Waals surface area contributed by atoms with E-state index in [-0.39, 0.29) is 17.1 Å². The Labute approximate surface area is 260 Å². The van der Waals surface area contributed by atoms with Gasteiger partial charge in [-0.15, -0.1) is 4.67 Å². The van der Waals surface area contributed by atoms with Crippen LogP contribution in [0.4, 0.5) is 0 Å². The summed E-state index contributed by atoms with van der Waals surface area (Å²) < 4.78 is 17.2. The molecule has 0 saturated heterocycles. The molecule has 1 heterocycles. The number of nitrogens with zero attached hydrogens (tertiary/aromatic N) is 1. The average Bonchev–Trinajstić information content (AvgIpc) is 3.33. The minimum atomic E-state index is -1.90. The number of aryl methyl sites for hydroxylation is 1. The molecule has 5 aromatic rings. The van der Waals surface area contributed by atoms with E-state index in [4.69, 9.17) is 9.05 Å². The van der Waals surface area contributed by atoms with Gasteiger partial charge in [0.2, 0.25) is 0 Å². The Hall–Kier alpha value is -2.87. The van der Waals surface area contributed by atoms with Gasteiger partial charge in [-0.3, -0.25) is 9.05 Å². The van der Waals surface area contributed by atoms with Crippen LogP contribution in [0.15, 0.2) is 97.1 Å². The van der Waals surface area contributed by atoms with Gasteiger partial charge in [-0.05, 0) is 70.5 Å². The van der Waals surface area contributed by atoms with Crippen molar-refractivity contribution in [1.82, 2.24) is 4.67 Å². The molecule has 0 amide bonds. The summed E-state index contributed by atoms with van der Waals surface area (Å²) in [5.41, 5.74) is 5.29. The fourth-order valence-electron chi connectivity index (χ4n) is 7.57. The smallest absolute Gasteiger partial charge is 0.292 e. The molecular formula is C37H37CuNO2P+2. The van der Waals surface area contributed by atoms with Crippen LogP contribution in [0.3, 0.4) is 0 Å². The first-order chi connectivity index (χ1) is 20.3. The van der Waals surface area contributed by atoms with Crippen LogP contribution < -0.4 is 9.05 Å². The second kappa shape index (κ2) is 12.0. The quantitative estimate of drug-likeness (QED) is 0.148. The van der Waals surface area contributed by atoms with Gasteiger partial charge in [0.05, 0.1) is 12.1 Å². The molecule has 0 unspecified atom stereocenters. The van der Waals surface area contributed by atoms with E-state index < -0.39 is 8.53 Å². The predicted molar refractivity (Wildman–Crippen MR) is 172 cm³/mol. The third-order valence-electron chi connectivity index (χ3n) is 9.54. The largest absolute Gasteiger partial charge is 1.00 e. The van der Waals surface area contributed by atoms with Gasteiger partial charge in [0.25, 0.3) is 0 Å². The summed E-state index contributed by atoms with van der Waals surface area (Å²) in [6.45, 7) is 0. The molecule has 0 bridgehead atoms. The van der Waals surface area contributed by atoms with Crippen molar-refractivity contribution in [3.63, 3.8) is 0 Å². The van der Waals surface area contributed by atoms with E-state index in [2.05, 4.69) is 102 Å². The van der Waals surface area contributed by atoms with Crippen molar-refractivity contribution < 1.29 is 26.1 Å². The number of rotatable bonds is 3. The Balaban J connectivity index is 0.00000288. The molecule has 1 fully saturated rings. The van der Waals surface area contributed by atoms with Crippen LogP contribution in [0, 0.1) is 0 Å². The van der Waals surface area contributed by atoms with Gasteiger partial charge >= 0.3 is 25.6 Å². The number of hydrogen-bond donors (Lipinski definition) is 0. The molecule has 42 heavy (non-hydrogen) atoms. The van der Waals surface area contributed by atoms with Crippen LogP contribution >= 0.6 is 8.53 Å². The molecule has 5 aromatic carbocycles. The normalized spacial score (nSPS) is 19.0. The minimum Gasteiger partial charge on any atom is -0.292 e. The first-order valence-corrected chi connectivity index (χ1v) is 16.7. The molecular weight excluding hydrogens is 585 g/mol. The maximum Gasteiger partial charge on any atom is 1.00 e. The van der Waals surface area contributed by atoms with Gasteiger partial charge < -0.3 is 0 Å². The van der Waals surface area contributed by atoms with Crippen LogP contribution in [0.1, 0.15) is 68.5 Å². The van der Waals surface area contributed by atoms with Crippen molar-refractivity contribution in [2.24, 2.45) is 0 Å². The minimum absolute atomic E-state index is 0. The second-order valence-corrected chi connectivity index (χ2v) is 13.4. The molecule has 5 heteroatoms. The number of benzene rings is 5.